The van der Waals surface area contributed by atoms with E-state index >= 15 is 0 Å². The summed E-state index contributed by atoms with van der Waals surface area (Å²) in [5.74, 6) is 2.42. The number of guanidine groups is 1. The maximum Gasteiger partial charge on any atom is 0.190 e. The molecule has 1 saturated heterocycles. The number of aryl methyl sites for hydroxylation is 1. The Bertz CT molecular complexity index is 762. The fourth-order valence-corrected chi connectivity index (χ4v) is 5.14. The summed E-state index contributed by atoms with van der Waals surface area (Å²) in [6.45, 7) is 3.02. The van der Waals surface area contributed by atoms with Gasteiger partial charge in [0.2, 0.25) is 0 Å². The average Bonchev–Trinajstić information content (AvgIpc) is 3.27. The van der Waals surface area contributed by atoms with Gasteiger partial charge in [-0.2, -0.15) is 0 Å². The molecule has 0 amide bonds. The lowest BCUT2D eigenvalue weighted by Gasteiger charge is -2.39. The first-order valence-electron chi connectivity index (χ1n) is 10.5. The van der Waals surface area contributed by atoms with Gasteiger partial charge >= 0.3 is 0 Å². The minimum atomic E-state index is 0.502. The highest BCUT2D eigenvalue weighted by atomic mass is 32.1. The third-order valence-electron chi connectivity index (χ3n) is 5.67. The number of piperidine rings is 1. The number of methoxy groups -OCH3 is 1. The van der Waals surface area contributed by atoms with E-state index in [1.54, 1.807) is 7.11 Å². The predicted molar refractivity (Wildman–Crippen MR) is 123 cm³/mol. The highest BCUT2D eigenvalue weighted by Gasteiger charge is 2.31. The van der Waals surface area contributed by atoms with Crippen molar-refractivity contribution >= 4 is 17.3 Å². The van der Waals surface area contributed by atoms with Crippen molar-refractivity contribution in [3.05, 3.63) is 52.2 Å². The number of thiophene rings is 1. The van der Waals surface area contributed by atoms with E-state index in [0.717, 1.165) is 37.6 Å². The Morgan fingerprint density at radius 2 is 2.17 bits per heavy atom. The van der Waals surface area contributed by atoms with Gasteiger partial charge < -0.3 is 15.4 Å². The van der Waals surface area contributed by atoms with Gasteiger partial charge in [0.05, 0.1) is 7.11 Å². The quantitative estimate of drug-likeness (QED) is 0.390. The van der Waals surface area contributed by atoms with Crippen molar-refractivity contribution in [2.24, 2.45) is 10.9 Å². The first kappa shape index (κ1) is 21.7. The summed E-state index contributed by atoms with van der Waals surface area (Å²) in [5.41, 5.74) is 1.30. The lowest BCUT2D eigenvalue weighted by atomic mass is 9.88. The molecule has 1 aliphatic rings. The van der Waals surface area contributed by atoms with Crippen LogP contribution in [0.2, 0.25) is 0 Å². The van der Waals surface area contributed by atoms with Crippen molar-refractivity contribution in [3.63, 3.8) is 0 Å². The minimum Gasteiger partial charge on any atom is -0.497 e. The summed E-state index contributed by atoms with van der Waals surface area (Å²) in [4.78, 5) is 8.39. The summed E-state index contributed by atoms with van der Waals surface area (Å²) in [6, 6.07) is 13.2. The molecule has 29 heavy (non-hydrogen) atoms. The molecule has 0 spiro atoms. The second kappa shape index (κ2) is 11.2. The van der Waals surface area contributed by atoms with Gasteiger partial charge in [0, 0.05) is 31.1 Å². The van der Waals surface area contributed by atoms with Crippen LogP contribution in [0.5, 0.6) is 5.75 Å². The van der Waals surface area contributed by atoms with E-state index in [1.807, 2.05) is 30.5 Å². The molecule has 2 atom stereocenters. The first-order valence-corrected chi connectivity index (χ1v) is 11.4. The van der Waals surface area contributed by atoms with Crippen LogP contribution in [0.25, 0.3) is 0 Å². The van der Waals surface area contributed by atoms with Crippen LogP contribution < -0.4 is 15.4 Å². The molecule has 2 aromatic rings. The van der Waals surface area contributed by atoms with Crippen LogP contribution in [0.15, 0.2) is 46.8 Å². The molecule has 2 unspecified atom stereocenters. The lowest BCUT2D eigenvalue weighted by molar-refractivity contribution is 0.125. The second-order valence-corrected chi connectivity index (χ2v) is 8.66. The van der Waals surface area contributed by atoms with Crippen molar-refractivity contribution in [1.82, 2.24) is 15.5 Å². The Labute approximate surface area is 179 Å². The zero-order valence-corrected chi connectivity index (χ0v) is 18.7. The summed E-state index contributed by atoms with van der Waals surface area (Å²) < 4.78 is 5.30. The number of nitrogens with zero attached hydrogens (tertiary/aromatic N) is 2. The predicted octanol–water partition coefficient (Wildman–Crippen LogP) is 3.94. The van der Waals surface area contributed by atoms with Gasteiger partial charge in [-0.05, 0) is 74.3 Å². The van der Waals surface area contributed by atoms with Gasteiger partial charge in [0.25, 0.3) is 0 Å². The molecule has 2 heterocycles. The number of hydrogen-bond donors (Lipinski definition) is 2. The summed E-state index contributed by atoms with van der Waals surface area (Å²) in [6.07, 6.45) is 4.59. The van der Waals surface area contributed by atoms with Crippen LogP contribution >= 0.6 is 11.3 Å². The topological polar surface area (TPSA) is 48.9 Å². The molecule has 3 rings (SSSR count). The van der Waals surface area contributed by atoms with Crippen molar-refractivity contribution in [1.29, 1.82) is 0 Å². The van der Waals surface area contributed by atoms with Crippen LogP contribution in [0, 0.1) is 5.92 Å². The fourth-order valence-electron chi connectivity index (χ4n) is 4.16. The Kier molecular flexibility index (Phi) is 8.38. The molecule has 158 valence electrons. The van der Waals surface area contributed by atoms with Crippen LogP contribution in [0.3, 0.4) is 0 Å². The maximum absolute atomic E-state index is 5.30. The van der Waals surface area contributed by atoms with Crippen molar-refractivity contribution in [2.45, 2.75) is 31.7 Å². The largest absolute Gasteiger partial charge is 0.497 e. The van der Waals surface area contributed by atoms with Gasteiger partial charge in [-0.1, -0.05) is 18.2 Å². The molecular formula is C23H34N4OS. The van der Waals surface area contributed by atoms with Crippen molar-refractivity contribution in [3.8, 4) is 5.75 Å². The molecule has 5 nitrogen and oxygen atoms in total. The van der Waals surface area contributed by atoms with Gasteiger partial charge in [-0.15, -0.1) is 11.3 Å². The Morgan fingerprint density at radius 3 is 2.93 bits per heavy atom. The molecule has 1 fully saturated rings. The normalized spacial score (nSPS) is 20.4. The fraction of sp³-hybridized carbons (Fsp3) is 0.522. The standard InChI is InChI=1S/C23H34N4OS/c1-24-23(25-13-5-9-18-8-4-11-20(16-18)28-3)26-17-19-10-6-14-27(2)22(19)21-12-7-15-29-21/h4,7-8,11-12,15-16,19,22H,5-6,9-10,13-14,17H2,1-3H3,(H2,24,25,26). The number of rotatable bonds is 8. The number of aliphatic imine (C=N–C) groups is 1. The van der Waals surface area contributed by atoms with Crippen molar-refractivity contribution in [2.75, 3.05) is 40.8 Å². The molecule has 1 aromatic heterocycles. The molecular weight excluding hydrogens is 380 g/mol. The second-order valence-electron chi connectivity index (χ2n) is 7.68. The van der Waals surface area contributed by atoms with Gasteiger partial charge in [-0.3, -0.25) is 9.89 Å². The highest BCUT2D eigenvalue weighted by molar-refractivity contribution is 7.10. The van der Waals surface area contributed by atoms with Crippen molar-refractivity contribution < 1.29 is 4.74 Å². The highest BCUT2D eigenvalue weighted by Crippen LogP contribution is 2.36. The average molecular weight is 415 g/mol. The first-order chi connectivity index (χ1) is 14.2. The molecule has 6 heteroatoms. The van der Waals surface area contributed by atoms with Gasteiger partial charge in [-0.25, -0.2) is 0 Å². The molecule has 0 aliphatic carbocycles. The summed E-state index contributed by atoms with van der Waals surface area (Å²) >= 11 is 1.87. The number of ether oxygens (including phenoxy) is 1. The zero-order valence-electron chi connectivity index (χ0n) is 17.9. The molecule has 0 bridgehead atoms. The molecule has 2 N–H and O–H groups in total. The van der Waals surface area contributed by atoms with Crippen LogP contribution in [0.1, 0.15) is 35.7 Å². The summed E-state index contributed by atoms with van der Waals surface area (Å²) in [7, 11) is 5.81. The maximum atomic E-state index is 5.30. The molecule has 0 saturated carbocycles. The monoisotopic (exact) mass is 414 g/mol. The van der Waals surface area contributed by atoms with Crippen LogP contribution in [0.4, 0.5) is 0 Å². The van der Waals surface area contributed by atoms with E-state index in [1.165, 1.54) is 29.8 Å². The van der Waals surface area contributed by atoms with E-state index < -0.39 is 0 Å². The summed E-state index contributed by atoms with van der Waals surface area (Å²) in [5, 5.41) is 9.22. The van der Waals surface area contributed by atoms with E-state index in [0.29, 0.717) is 12.0 Å². The smallest absolute Gasteiger partial charge is 0.190 e. The lowest BCUT2D eigenvalue weighted by Crippen LogP contribution is -2.45. The number of benzene rings is 1. The third kappa shape index (κ3) is 6.21. The number of likely N-dealkylation sites (tertiary alicyclic amines) is 1. The number of hydrogen-bond acceptors (Lipinski definition) is 4. The zero-order chi connectivity index (χ0) is 20.5. The minimum absolute atomic E-state index is 0.502. The van der Waals surface area contributed by atoms with E-state index in [9.17, 15) is 0 Å². The third-order valence-corrected chi connectivity index (χ3v) is 6.61. The molecule has 1 aromatic carbocycles. The van der Waals surface area contributed by atoms with E-state index in [4.69, 9.17) is 4.74 Å². The van der Waals surface area contributed by atoms with Crippen LogP contribution in [-0.4, -0.2) is 51.7 Å². The molecule has 1 aliphatic heterocycles. The SMILES string of the molecule is CN=C(NCCCc1cccc(OC)c1)NCC1CCCN(C)C1c1cccs1. The Morgan fingerprint density at radius 1 is 1.28 bits per heavy atom. The Hall–Kier alpha value is -2.05. The Balaban J connectivity index is 1.44. The number of nitrogens with one attached hydrogen (secondary N) is 2. The van der Waals surface area contributed by atoms with Gasteiger partial charge in [0.1, 0.15) is 5.75 Å². The molecule has 0 radical (unpaired) electrons. The van der Waals surface area contributed by atoms with Gasteiger partial charge in [0.15, 0.2) is 5.96 Å². The van der Waals surface area contributed by atoms with Crippen LogP contribution in [-0.2, 0) is 6.42 Å². The van der Waals surface area contributed by atoms with E-state index in [2.05, 4.69) is 57.2 Å². The van der Waals surface area contributed by atoms with E-state index in [-0.39, 0.29) is 0 Å².